The van der Waals surface area contributed by atoms with E-state index in [0.717, 1.165) is 18.4 Å². The molecule has 0 heterocycles. The van der Waals surface area contributed by atoms with Crippen molar-refractivity contribution in [3.63, 3.8) is 0 Å². The summed E-state index contributed by atoms with van der Waals surface area (Å²) < 4.78 is 5.70. The van der Waals surface area contributed by atoms with Crippen molar-refractivity contribution in [2.24, 2.45) is 0 Å². The van der Waals surface area contributed by atoms with Crippen LogP contribution in [-0.2, 0) is 21.4 Å². The molecule has 0 saturated carbocycles. The largest absolute Gasteiger partial charge is 0.454 e. The van der Waals surface area contributed by atoms with Crippen LogP contribution >= 0.6 is 0 Å². The van der Waals surface area contributed by atoms with Crippen LogP contribution in [0.25, 0.3) is 0 Å². The van der Waals surface area contributed by atoms with Gasteiger partial charge in [-0.05, 0) is 47.4 Å². The van der Waals surface area contributed by atoms with Crippen LogP contribution in [0.1, 0.15) is 55.5 Å². The molecular formula is C22H24O2. The summed E-state index contributed by atoms with van der Waals surface area (Å²) in [6.45, 7) is 9.79. The lowest BCUT2D eigenvalue weighted by atomic mass is 9.86. The molecule has 0 radical (unpaired) electrons. The molecule has 1 unspecified atom stereocenters. The lowest BCUT2D eigenvalue weighted by molar-refractivity contribution is -0.144. The Hall–Kier alpha value is -2.35. The van der Waals surface area contributed by atoms with E-state index in [9.17, 15) is 4.79 Å². The Morgan fingerprint density at radius 3 is 2.54 bits per heavy atom. The van der Waals surface area contributed by atoms with Crippen LogP contribution in [0.5, 0.6) is 0 Å². The van der Waals surface area contributed by atoms with Crippen LogP contribution in [0.15, 0.2) is 60.7 Å². The maximum atomic E-state index is 12.0. The Bertz CT molecular complexity index is 772. The fraction of sp³-hybridized carbons (Fsp3) is 0.318. The van der Waals surface area contributed by atoms with Gasteiger partial charge in [0.1, 0.15) is 6.10 Å². The topological polar surface area (TPSA) is 26.3 Å². The van der Waals surface area contributed by atoms with Crippen molar-refractivity contribution >= 4 is 5.97 Å². The van der Waals surface area contributed by atoms with Crippen molar-refractivity contribution < 1.29 is 9.53 Å². The molecular weight excluding hydrogens is 296 g/mol. The first-order chi connectivity index (χ1) is 11.4. The average Bonchev–Trinajstić information content (AvgIpc) is 2.78. The molecule has 0 N–H and O–H groups in total. The molecule has 24 heavy (non-hydrogen) atoms. The molecule has 0 spiro atoms. The first-order valence-electron chi connectivity index (χ1n) is 8.40. The Balaban J connectivity index is 1.90. The Labute approximate surface area is 144 Å². The molecule has 0 saturated heterocycles. The van der Waals surface area contributed by atoms with Crippen LogP contribution in [0, 0.1) is 0 Å². The van der Waals surface area contributed by atoms with Gasteiger partial charge in [0.25, 0.3) is 0 Å². The van der Waals surface area contributed by atoms with Gasteiger partial charge in [-0.15, -0.1) is 0 Å². The molecule has 2 aromatic carbocycles. The number of carbonyl (C=O) groups excluding carboxylic acids is 1. The van der Waals surface area contributed by atoms with Gasteiger partial charge in [0.15, 0.2) is 0 Å². The molecule has 2 aromatic rings. The number of esters is 1. The quantitative estimate of drug-likeness (QED) is 0.577. The van der Waals surface area contributed by atoms with E-state index >= 15 is 0 Å². The summed E-state index contributed by atoms with van der Waals surface area (Å²) in [5.74, 6) is -0.308. The lowest BCUT2D eigenvalue weighted by Gasteiger charge is -2.19. The Morgan fingerprint density at radius 1 is 1.17 bits per heavy atom. The third-order valence-electron chi connectivity index (χ3n) is 4.74. The van der Waals surface area contributed by atoms with E-state index in [-0.39, 0.29) is 17.5 Å². The molecule has 0 amide bonds. The van der Waals surface area contributed by atoms with Crippen LogP contribution < -0.4 is 0 Å². The van der Waals surface area contributed by atoms with E-state index < -0.39 is 0 Å². The van der Waals surface area contributed by atoms with Crippen molar-refractivity contribution in [1.82, 2.24) is 0 Å². The number of ether oxygens (including phenoxy) is 1. The maximum absolute atomic E-state index is 12.0. The lowest BCUT2D eigenvalue weighted by Crippen LogP contribution is -2.14. The highest BCUT2D eigenvalue weighted by molar-refractivity contribution is 5.87. The first-order valence-corrected chi connectivity index (χ1v) is 8.40. The summed E-state index contributed by atoms with van der Waals surface area (Å²) in [6, 6.07) is 17.0. The smallest absolute Gasteiger partial charge is 0.333 e. The minimum Gasteiger partial charge on any atom is -0.454 e. The second-order valence-corrected chi connectivity index (χ2v) is 7.35. The summed E-state index contributed by atoms with van der Waals surface area (Å²) in [4.78, 5) is 12.0. The SMILES string of the molecule is C=C(C)C(=O)OC1CC(C)(C)c2ccc(Cc3ccccc3)cc21. The fourth-order valence-electron chi connectivity index (χ4n) is 3.45. The van der Waals surface area contributed by atoms with E-state index in [2.05, 4.69) is 62.9 Å². The van der Waals surface area contributed by atoms with Gasteiger partial charge >= 0.3 is 5.97 Å². The number of hydrogen-bond donors (Lipinski definition) is 0. The zero-order valence-corrected chi connectivity index (χ0v) is 14.6. The molecule has 1 atom stereocenters. The first kappa shape index (κ1) is 16.5. The van der Waals surface area contributed by atoms with Gasteiger partial charge in [0, 0.05) is 5.57 Å². The number of fused-ring (bicyclic) bond motifs is 1. The second kappa shape index (κ2) is 6.27. The van der Waals surface area contributed by atoms with Crippen molar-refractivity contribution in [3.05, 3.63) is 82.9 Å². The minimum atomic E-state index is -0.308. The van der Waals surface area contributed by atoms with E-state index in [0.29, 0.717) is 5.57 Å². The normalized spacial score (nSPS) is 18.0. The predicted molar refractivity (Wildman–Crippen MR) is 97.0 cm³/mol. The molecule has 1 aliphatic rings. The molecule has 1 aliphatic carbocycles. The summed E-state index contributed by atoms with van der Waals surface area (Å²) in [5, 5.41) is 0. The highest BCUT2D eigenvalue weighted by Gasteiger charge is 2.39. The van der Waals surface area contributed by atoms with Gasteiger partial charge in [-0.1, -0.05) is 69.0 Å². The van der Waals surface area contributed by atoms with Crippen LogP contribution in [-0.4, -0.2) is 5.97 Å². The second-order valence-electron chi connectivity index (χ2n) is 7.35. The zero-order valence-electron chi connectivity index (χ0n) is 14.6. The van der Waals surface area contributed by atoms with Gasteiger partial charge < -0.3 is 4.74 Å². The van der Waals surface area contributed by atoms with Crippen molar-refractivity contribution in [2.75, 3.05) is 0 Å². The molecule has 2 nitrogen and oxygen atoms in total. The molecule has 0 aromatic heterocycles. The molecule has 0 bridgehead atoms. The van der Waals surface area contributed by atoms with E-state index in [4.69, 9.17) is 4.74 Å². The van der Waals surface area contributed by atoms with Crippen LogP contribution in [0.2, 0.25) is 0 Å². The van der Waals surface area contributed by atoms with Crippen molar-refractivity contribution in [2.45, 2.75) is 45.1 Å². The number of carbonyl (C=O) groups is 1. The van der Waals surface area contributed by atoms with Crippen LogP contribution in [0.3, 0.4) is 0 Å². The number of hydrogen-bond acceptors (Lipinski definition) is 2. The summed E-state index contributed by atoms with van der Waals surface area (Å²) >= 11 is 0. The van der Waals surface area contributed by atoms with E-state index in [1.807, 2.05) is 6.07 Å². The molecule has 2 heteroatoms. The van der Waals surface area contributed by atoms with Crippen LogP contribution in [0.4, 0.5) is 0 Å². The predicted octanol–water partition coefficient (Wildman–Crippen LogP) is 5.12. The van der Waals surface area contributed by atoms with Gasteiger partial charge in [-0.2, -0.15) is 0 Å². The van der Waals surface area contributed by atoms with Crippen molar-refractivity contribution in [3.8, 4) is 0 Å². The van der Waals surface area contributed by atoms with E-state index in [1.165, 1.54) is 16.7 Å². The fourth-order valence-corrected chi connectivity index (χ4v) is 3.45. The minimum absolute atomic E-state index is 0.0145. The number of rotatable bonds is 4. The average molecular weight is 320 g/mol. The van der Waals surface area contributed by atoms with Gasteiger partial charge in [0.2, 0.25) is 0 Å². The van der Waals surface area contributed by atoms with Gasteiger partial charge in [-0.3, -0.25) is 0 Å². The third kappa shape index (κ3) is 3.28. The van der Waals surface area contributed by atoms with Gasteiger partial charge in [-0.25, -0.2) is 4.79 Å². The summed E-state index contributed by atoms with van der Waals surface area (Å²) in [5.41, 5.74) is 5.41. The van der Waals surface area contributed by atoms with Gasteiger partial charge in [0.05, 0.1) is 0 Å². The number of benzene rings is 2. The monoisotopic (exact) mass is 320 g/mol. The highest BCUT2D eigenvalue weighted by Crippen LogP contribution is 2.46. The molecule has 0 aliphatic heterocycles. The molecule has 124 valence electrons. The maximum Gasteiger partial charge on any atom is 0.333 e. The third-order valence-corrected chi connectivity index (χ3v) is 4.74. The zero-order chi connectivity index (χ0) is 17.3. The van der Waals surface area contributed by atoms with E-state index in [1.54, 1.807) is 6.92 Å². The molecule has 0 fully saturated rings. The Morgan fingerprint density at radius 2 is 1.88 bits per heavy atom. The highest BCUT2D eigenvalue weighted by atomic mass is 16.5. The standard InChI is InChI=1S/C22H24O2/c1-15(2)21(23)24-20-14-22(3,4)19-11-10-17(13-18(19)20)12-16-8-6-5-7-9-16/h5-11,13,20H,1,12,14H2,2-4H3. The summed E-state index contributed by atoms with van der Waals surface area (Å²) in [6.07, 6.45) is 1.51. The Kier molecular flexibility index (Phi) is 4.31. The van der Waals surface area contributed by atoms with Crippen molar-refractivity contribution in [1.29, 1.82) is 0 Å². The summed E-state index contributed by atoms with van der Waals surface area (Å²) in [7, 11) is 0. The molecule has 3 rings (SSSR count).